The Morgan fingerprint density at radius 3 is 1.05 bits per heavy atom. The molecule has 0 aliphatic rings. The van der Waals surface area contributed by atoms with Crippen molar-refractivity contribution in [2.45, 2.75) is 98.3 Å². The number of halogens is 1. The van der Waals surface area contributed by atoms with Crippen LogP contribution in [0.2, 0.25) is 0 Å². The molecule has 0 aromatic rings. The Labute approximate surface area is 149 Å². The van der Waals surface area contributed by atoms with Crippen molar-refractivity contribution >= 4 is 26.3 Å². The fourth-order valence-corrected chi connectivity index (χ4v) is 13.1. The Kier molecular flexibility index (Phi) is 13.3. The van der Waals surface area contributed by atoms with Gasteiger partial charge in [-0.25, -0.2) is 0 Å². The van der Waals surface area contributed by atoms with E-state index in [1.54, 1.807) is 24.6 Å². The molecule has 0 rings (SSSR count). The number of hydrogen-bond donors (Lipinski definition) is 0. The average Bonchev–Trinajstić information content (AvgIpc) is 2.47. The van der Waals surface area contributed by atoms with Crippen LogP contribution in [0.4, 0.5) is 0 Å². The van der Waals surface area contributed by atoms with Gasteiger partial charge in [-0.3, -0.25) is 0 Å². The first-order chi connectivity index (χ1) is 10.0. The van der Waals surface area contributed by atoms with Crippen LogP contribution in [-0.4, -0.2) is 24.6 Å². The van der Waals surface area contributed by atoms with Crippen LogP contribution in [0.25, 0.3) is 0 Å². The monoisotopic (exact) mass is 428 g/mol. The number of rotatable bonds is 15. The summed E-state index contributed by atoms with van der Waals surface area (Å²) >= 11 is 3.08. The van der Waals surface area contributed by atoms with Gasteiger partial charge in [0, 0.05) is 0 Å². The molecular formula is C19H42IP. The van der Waals surface area contributed by atoms with E-state index in [2.05, 4.69) is 49.7 Å². The van der Waals surface area contributed by atoms with Crippen molar-refractivity contribution in [3.8, 4) is 0 Å². The normalized spacial score (nSPS) is 14.0. The van der Waals surface area contributed by atoms with E-state index in [0.717, 1.165) is 0 Å². The Balaban J connectivity index is 4.86. The van der Waals surface area contributed by atoms with Crippen LogP contribution in [0.5, 0.6) is 0 Å². The quantitative estimate of drug-likeness (QED) is 0.140. The van der Waals surface area contributed by atoms with E-state index in [9.17, 15) is 0 Å². The van der Waals surface area contributed by atoms with Crippen molar-refractivity contribution in [3.05, 3.63) is 0 Å². The van der Waals surface area contributed by atoms with Gasteiger partial charge in [-0.2, -0.15) is 0 Å². The third-order valence-electron chi connectivity index (χ3n) is 5.03. The molecule has 2 heteroatoms. The Bertz CT molecular complexity index is 210. The zero-order valence-electron chi connectivity index (χ0n) is 15.4. The number of hydrogen-bond acceptors (Lipinski definition) is 0. The molecule has 21 heavy (non-hydrogen) atoms. The van der Waals surface area contributed by atoms with Crippen molar-refractivity contribution in [2.24, 2.45) is 0 Å². The van der Waals surface area contributed by atoms with Crippen LogP contribution in [0, 0.1) is 0 Å². The van der Waals surface area contributed by atoms with Gasteiger partial charge in [-0.1, -0.05) is 0 Å². The zero-order chi connectivity index (χ0) is 16.1. The van der Waals surface area contributed by atoms with Crippen molar-refractivity contribution in [3.63, 3.8) is 0 Å². The molecule has 0 aromatic heterocycles. The predicted molar refractivity (Wildman–Crippen MR) is 114 cm³/mol. The summed E-state index contributed by atoms with van der Waals surface area (Å²) in [4.78, 5) is 0. The van der Waals surface area contributed by atoms with Crippen LogP contribution < -0.4 is 0 Å². The first-order valence-corrected chi connectivity index (χ1v) is 15.5. The molecule has 0 amide bonds. The summed E-state index contributed by atoms with van der Waals surface area (Å²) in [5.41, 5.74) is 0. The summed E-state index contributed by atoms with van der Waals surface area (Å²) in [6, 6.07) is 0. The Hall–Kier alpha value is 1.16. The third kappa shape index (κ3) is 9.80. The first kappa shape index (κ1) is 22.2. The summed E-state index contributed by atoms with van der Waals surface area (Å²) in [5.74, 6) is 0. The van der Waals surface area contributed by atoms with Gasteiger partial charge >= 0.3 is 149 Å². The van der Waals surface area contributed by atoms with Crippen LogP contribution >= 0.6 is 26.3 Å². The maximum absolute atomic E-state index is 3.08. The molecule has 0 N–H and O–H groups in total. The molecule has 0 fully saturated rings. The van der Waals surface area contributed by atoms with E-state index in [1.165, 1.54) is 70.6 Å². The first-order valence-electron chi connectivity index (χ1n) is 9.76. The third-order valence-corrected chi connectivity index (χ3v) is 16.6. The van der Waals surface area contributed by atoms with E-state index in [4.69, 9.17) is 0 Å². The second-order valence-electron chi connectivity index (χ2n) is 7.19. The van der Waals surface area contributed by atoms with Crippen molar-refractivity contribution in [1.82, 2.24) is 0 Å². The zero-order valence-corrected chi connectivity index (χ0v) is 18.5. The second-order valence-corrected chi connectivity index (χ2v) is 20.8. The van der Waals surface area contributed by atoms with Gasteiger partial charge in [0.15, 0.2) is 0 Å². The summed E-state index contributed by atoms with van der Waals surface area (Å²) in [7, 11) is 0. The molecule has 0 bridgehead atoms. The number of unbranched alkanes of at least 4 members (excludes halogenated alkanes) is 7. The topological polar surface area (TPSA) is 0 Å². The summed E-state index contributed by atoms with van der Waals surface area (Å²) in [5, 5.41) is 0. The van der Waals surface area contributed by atoms with E-state index in [1.807, 2.05) is 0 Å². The van der Waals surface area contributed by atoms with Gasteiger partial charge in [-0.05, 0) is 0 Å². The average molecular weight is 428 g/mol. The van der Waals surface area contributed by atoms with E-state index >= 15 is 0 Å². The summed E-state index contributed by atoms with van der Waals surface area (Å²) < 4.78 is -1.44. The molecular weight excluding hydrogens is 386 g/mol. The molecule has 0 atom stereocenters. The van der Waals surface area contributed by atoms with Crippen molar-refractivity contribution in [1.29, 1.82) is 0 Å². The van der Waals surface area contributed by atoms with Crippen LogP contribution in [-0.2, 0) is 0 Å². The molecule has 0 nitrogen and oxygen atoms in total. The molecule has 0 aromatic carbocycles. The van der Waals surface area contributed by atoms with Gasteiger partial charge in [-0.15, -0.1) is 0 Å². The minimum atomic E-state index is -1.44. The molecule has 0 spiro atoms. The summed E-state index contributed by atoms with van der Waals surface area (Å²) in [6.45, 7) is 9.43. The van der Waals surface area contributed by atoms with E-state index in [0.29, 0.717) is 0 Å². The predicted octanol–water partition coefficient (Wildman–Crippen LogP) is 8.26. The molecule has 0 unspecified atom stereocenters. The molecule has 0 aliphatic carbocycles. The van der Waals surface area contributed by atoms with Gasteiger partial charge in [0.25, 0.3) is 0 Å². The van der Waals surface area contributed by atoms with Crippen LogP contribution in [0.3, 0.4) is 0 Å². The fraction of sp³-hybridized carbons (Fsp3) is 1.00. The summed E-state index contributed by atoms with van der Waals surface area (Å²) in [6.07, 6.45) is 22.2. The van der Waals surface area contributed by atoms with Gasteiger partial charge < -0.3 is 0 Å². The van der Waals surface area contributed by atoms with E-state index in [-0.39, 0.29) is 0 Å². The molecule has 0 saturated carbocycles. The van der Waals surface area contributed by atoms with Gasteiger partial charge in [0.1, 0.15) is 0 Å². The maximum atomic E-state index is 3.08. The van der Waals surface area contributed by atoms with Crippen LogP contribution in [0.15, 0.2) is 0 Å². The molecule has 0 saturated heterocycles. The Morgan fingerprint density at radius 2 is 0.762 bits per heavy atom. The van der Waals surface area contributed by atoms with Crippen molar-refractivity contribution < 1.29 is 0 Å². The van der Waals surface area contributed by atoms with Gasteiger partial charge in [0.05, 0.1) is 0 Å². The van der Waals surface area contributed by atoms with Gasteiger partial charge in [0.2, 0.25) is 0 Å². The molecule has 0 aliphatic heterocycles. The Morgan fingerprint density at radius 1 is 0.476 bits per heavy atom. The fourth-order valence-electron chi connectivity index (χ4n) is 3.50. The molecule has 130 valence electrons. The van der Waals surface area contributed by atoms with E-state index < -0.39 is 4.25 Å². The minimum absolute atomic E-state index is 1.38. The van der Waals surface area contributed by atoms with Crippen LogP contribution in [0.1, 0.15) is 98.3 Å². The second kappa shape index (κ2) is 12.6. The molecule has 0 heterocycles. The SMILES string of the molecule is CCCCCP(I)(CCCC)(CCCCC)CCCCC. The molecule has 0 radical (unpaired) electrons. The van der Waals surface area contributed by atoms with Crippen molar-refractivity contribution in [2.75, 3.05) is 24.6 Å². The standard InChI is InChI=1S/C19H42IP/c1-5-9-13-17-21(20,16-12-8-4,18-14-10-6-2)19-15-11-7-3/h5-19H2,1-4H3.